The maximum Gasteiger partial charge on any atom is 0.319 e. The maximum atomic E-state index is 12.0. The van der Waals surface area contributed by atoms with Gasteiger partial charge in [-0.05, 0) is 65.8 Å². The second-order valence-corrected chi connectivity index (χ2v) is 6.09. The molecule has 1 aliphatic rings. The molecule has 0 aliphatic heterocycles. The number of amides is 2. The van der Waals surface area contributed by atoms with Gasteiger partial charge >= 0.3 is 6.03 Å². The fourth-order valence-corrected chi connectivity index (χ4v) is 2.85. The number of nitrogens with one attached hydrogen (secondary N) is 2. The molecule has 2 aromatic rings. The Morgan fingerprint density at radius 2 is 2.05 bits per heavy atom. The average molecular weight is 382 g/mol. The SMILES string of the molecule is O=C(Nc1ccc(I)cc1)NC1CCCc2occc21. The fraction of sp³-hybridized carbons (Fsp3) is 0.267. The van der Waals surface area contributed by atoms with E-state index in [1.807, 2.05) is 30.3 Å². The Bertz CT molecular complexity index is 607. The molecule has 20 heavy (non-hydrogen) atoms. The molecular formula is C15H15IN2O2. The first-order chi connectivity index (χ1) is 9.72. The molecule has 3 rings (SSSR count). The summed E-state index contributed by atoms with van der Waals surface area (Å²) in [6.45, 7) is 0. The van der Waals surface area contributed by atoms with Crippen molar-refractivity contribution >= 4 is 34.3 Å². The van der Waals surface area contributed by atoms with Crippen LogP contribution >= 0.6 is 22.6 Å². The molecule has 1 aromatic carbocycles. The molecule has 2 amide bonds. The van der Waals surface area contributed by atoms with Crippen LogP contribution in [0.5, 0.6) is 0 Å². The quantitative estimate of drug-likeness (QED) is 0.769. The van der Waals surface area contributed by atoms with Gasteiger partial charge in [-0.1, -0.05) is 0 Å². The standard InChI is InChI=1S/C15H15IN2O2/c16-10-4-6-11(7-5-10)17-15(19)18-13-2-1-3-14-12(13)8-9-20-14/h4-9,13H,1-3H2,(H2,17,18,19). The van der Waals surface area contributed by atoms with Gasteiger partial charge in [-0.25, -0.2) is 4.79 Å². The van der Waals surface area contributed by atoms with E-state index >= 15 is 0 Å². The Kier molecular flexibility index (Phi) is 3.95. The van der Waals surface area contributed by atoms with Crippen LogP contribution in [-0.4, -0.2) is 6.03 Å². The number of anilines is 1. The van der Waals surface area contributed by atoms with Crippen molar-refractivity contribution in [2.75, 3.05) is 5.32 Å². The zero-order chi connectivity index (χ0) is 13.9. The summed E-state index contributed by atoms with van der Waals surface area (Å²) in [4.78, 5) is 12.0. The molecule has 0 bridgehead atoms. The number of carbonyl (C=O) groups excluding carboxylic acids is 1. The first kappa shape index (κ1) is 13.5. The molecular weight excluding hydrogens is 367 g/mol. The monoisotopic (exact) mass is 382 g/mol. The molecule has 0 fully saturated rings. The minimum atomic E-state index is -0.176. The largest absolute Gasteiger partial charge is 0.469 e. The van der Waals surface area contributed by atoms with Gasteiger partial charge in [0.1, 0.15) is 5.76 Å². The third-order valence-electron chi connectivity index (χ3n) is 3.46. The van der Waals surface area contributed by atoms with Crippen LogP contribution in [0.3, 0.4) is 0 Å². The number of hydrogen-bond donors (Lipinski definition) is 2. The summed E-state index contributed by atoms with van der Waals surface area (Å²) >= 11 is 2.24. The summed E-state index contributed by atoms with van der Waals surface area (Å²) < 4.78 is 6.57. The molecule has 104 valence electrons. The van der Waals surface area contributed by atoms with Gasteiger partial charge in [0.05, 0.1) is 12.3 Å². The Balaban J connectivity index is 1.64. The van der Waals surface area contributed by atoms with Gasteiger partial charge in [-0.2, -0.15) is 0 Å². The summed E-state index contributed by atoms with van der Waals surface area (Å²) in [6.07, 6.45) is 4.64. The number of urea groups is 1. The van der Waals surface area contributed by atoms with Gasteiger partial charge in [-0.15, -0.1) is 0 Å². The first-order valence-corrected chi connectivity index (χ1v) is 7.69. The van der Waals surface area contributed by atoms with E-state index in [9.17, 15) is 4.79 Å². The lowest BCUT2D eigenvalue weighted by atomic mass is 9.93. The fourth-order valence-electron chi connectivity index (χ4n) is 2.50. The van der Waals surface area contributed by atoms with Crippen LogP contribution < -0.4 is 10.6 Å². The maximum absolute atomic E-state index is 12.0. The molecule has 0 radical (unpaired) electrons. The molecule has 1 aromatic heterocycles. The van der Waals surface area contributed by atoms with Gasteiger partial charge in [-0.3, -0.25) is 0 Å². The molecule has 5 heteroatoms. The van der Waals surface area contributed by atoms with E-state index in [-0.39, 0.29) is 12.1 Å². The summed E-state index contributed by atoms with van der Waals surface area (Å²) in [6, 6.07) is 9.53. The van der Waals surface area contributed by atoms with E-state index in [1.54, 1.807) is 6.26 Å². The molecule has 0 saturated heterocycles. The van der Waals surface area contributed by atoms with Crippen molar-refractivity contribution in [3.05, 3.63) is 51.5 Å². The predicted octanol–water partition coefficient (Wildman–Crippen LogP) is 4.08. The van der Waals surface area contributed by atoms with Crippen LogP contribution in [0.15, 0.2) is 41.0 Å². The number of benzene rings is 1. The van der Waals surface area contributed by atoms with Gasteiger partial charge in [0, 0.05) is 21.2 Å². The molecule has 2 N–H and O–H groups in total. The summed E-state index contributed by atoms with van der Waals surface area (Å²) in [5.74, 6) is 0.996. The summed E-state index contributed by atoms with van der Waals surface area (Å²) in [5.41, 5.74) is 1.90. The van der Waals surface area contributed by atoms with E-state index in [4.69, 9.17) is 4.42 Å². The molecule has 1 atom stereocenters. The van der Waals surface area contributed by atoms with E-state index in [1.165, 1.54) is 0 Å². The highest BCUT2D eigenvalue weighted by atomic mass is 127. The van der Waals surface area contributed by atoms with E-state index in [0.29, 0.717) is 0 Å². The zero-order valence-corrected chi connectivity index (χ0v) is 13.0. The minimum absolute atomic E-state index is 0.0429. The van der Waals surface area contributed by atoms with Crippen molar-refractivity contribution in [3.63, 3.8) is 0 Å². The first-order valence-electron chi connectivity index (χ1n) is 6.62. The number of carbonyl (C=O) groups is 1. The topological polar surface area (TPSA) is 54.3 Å². The molecule has 0 spiro atoms. The highest BCUT2D eigenvalue weighted by Crippen LogP contribution is 2.30. The second kappa shape index (κ2) is 5.87. The van der Waals surface area contributed by atoms with Gasteiger partial charge < -0.3 is 15.1 Å². The molecule has 1 aliphatic carbocycles. The lowest BCUT2D eigenvalue weighted by Gasteiger charge is -2.22. The van der Waals surface area contributed by atoms with Crippen LogP contribution in [0.25, 0.3) is 0 Å². The number of fused-ring (bicyclic) bond motifs is 1. The van der Waals surface area contributed by atoms with Gasteiger partial charge in [0.15, 0.2) is 0 Å². The summed E-state index contributed by atoms with van der Waals surface area (Å²) in [7, 11) is 0. The average Bonchev–Trinajstić information content (AvgIpc) is 2.91. The van der Waals surface area contributed by atoms with Crippen molar-refractivity contribution in [3.8, 4) is 0 Å². The van der Waals surface area contributed by atoms with E-state index < -0.39 is 0 Å². The van der Waals surface area contributed by atoms with E-state index in [2.05, 4.69) is 33.2 Å². The van der Waals surface area contributed by atoms with Crippen LogP contribution in [-0.2, 0) is 6.42 Å². The Labute approximate surface area is 131 Å². The highest BCUT2D eigenvalue weighted by Gasteiger charge is 2.23. The normalized spacial score (nSPS) is 17.4. The smallest absolute Gasteiger partial charge is 0.319 e. The molecule has 4 nitrogen and oxygen atoms in total. The Morgan fingerprint density at radius 1 is 1.25 bits per heavy atom. The number of furan rings is 1. The van der Waals surface area contributed by atoms with Crippen molar-refractivity contribution < 1.29 is 9.21 Å². The number of rotatable bonds is 2. The van der Waals surface area contributed by atoms with Crippen molar-refractivity contribution in [1.82, 2.24) is 5.32 Å². The third-order valence-corrected chi connectivity index (χ3v) is 4.18. The van der Waals surface area contributed by atoms with E-state index in [0.717, 1.165) is 39.8 Å². The van der Waals surface area contributed by atoms with Crippen LogP contribution in [0.2, 0.25) is 0 Å². The van der Waals surface area contributed by atoms with Crippen molar-refractivity contribution in [1.29, 1.82) is 0 Å². The van der Waals surface area contributed by atoms with Gasteiger partial charge in [0.2, 0.25) is 0 Å². The highest BCUT2D eigenvalue weighted by molar-refractivity contribution is 14.1. The van der Waals surface area contributed by atoms with Crippen LogP contribution in [0, 0.1) is 3.57 Å². The molecule has 0 saturated carbocycles. The van der Waals surface area contributed by atoms with Crippen molar-refractivity contribution in [2.24, 2.45) is 0 Å². The molecule has 1 heterocycles. The second-order valence-electron chi connectivity index (χ2n) is 4.85. The zero-order valence-electron chi connectivity index (χ0n) is 10.9. The van der Waals surface area contributed by atoms with Crippen LogP contribution in [0.4, 0.5) is 10.5 Å². The number of aryl methyl sites for hydroxylation is 1. The van der Waals surface area contributed by atoms with Crippen molar-refractivity contribution in [2.45, 2.75) is 25.3 Å². The third kappa shape index (κ3) is 2.98. The lowest BCUT2D eigenvalue weighted by molar-refractivity contribution is 0.246. The predicted molar refractivity (Wildman–Crippen MR) is 85.7 cm³/mol. The number of halogens is 1. The minimum Gasteiger partial charge on any atom is -0.469 e. The Hall–Kier alpha value is -1.50. The lowest BCUT2D eigenvalue weighted by Crippen LogP contribution is -2.34. The number of hydrogen-bond acceptors (Lipinski definition) is 2. The van der Waals surface area contributed by atoms with Gasteiger partial charge in [0.25, 0.3) is 0 Å². The molecule has 1 unspecified atom stereocenters. The summed E-state index contributed by atoms with van der Waals surface area (Å²) in [5, 5.41) is 5.87. The Morgan fingerprint density at radius 3 is 2.85 bits per heavy atom. The van der Waals surface area contributed by atoms with Crippen LogP contribution in [0.1, 0.15) is 30.2 Å².